The molecule has 5 aromatic heterocycles. The number of aromatic nitrogens is 5. The van der Waals surface area contributed by atoms with Crippen molar-refractivity contribution in [3.8, 4) is 84.1 Å². The third kappa shape index (κ3) is 15.8. The molecular weight excluding hydrogens is 1570 g/mol. The topological polar surface area (TPSA) is 24.6 Å². The van der Waals surface area contributed by atoms with Crippen molar-refractivity contribution in [3.63, 3.8) is 0 Å². The minimum absolute atomic E-state index is 1.18. The highest BCUT2D eigenvalue weighted by molar-refractivity contribution is 6.13. The molecule has 25 aromatic rings. The SMILES string of the molecule is Cc1cc(-c2ccccc2)cc(-n2c3ccccc3c3ccccc32)c1.Cc1cccc(-c2ccc(-n3c4ccccc4c4ccccc43)cc2)c1.Cc1cccc(-c2cccc(-c3cccc(-n4c5ccccc5c5ccccc54)c3)c2)c1.Cc1cccc(-c2cccc(-n3c4ccccc4c4ccccc43)c2)c1.Cc1cccc(-n2c3ccccc3c3ccccc32)c1. The van der Waals surface area contributed by atoms with Crippen molar-refractivity contribution in [3.05, 3.63) is 513 Å². The highest BCUT2D eigenvalue weighted by atomic mass is 15.0. The van der Waals surface area contributed by atoms with Crippen LogP contribution in [0.5, 0.6) is 0 Å². The van der Waals surface area contributed by atoms with Crippen LogP contribution in [0.25, 0.3) is 193 Å². The van der Waals surface area contributed by atoms with Crippen LogP contribution in [-0.4, -0.2) is 22.8 Å². The van der Waals surface area contributed by atoms with Crippen molar-refractivity contribution < 1.29 is 0 Å². The van der Waals surface area contributed by atoms with E-state index in [1.807, 2.05) is 0 Å². The third-order valence-corrected chi connectivity index (χ3v) is 25.2. The second-order valence-corrected chi connectivity index (χ2v) is 33.9. The number of rotatable bonds is 10. The van der Waals surface area contributed by atoms with Crippen LogP contribution in [0.15, 0.2) is 485 Å². The molecule has 0 saturated heterocycles. The van der Waals surface area contributed by atoms with Gasteiger partial charge in [-0.3, -0.25) is 0 Å². The first-order valence-corrected chi connectivity index (χ1v) is 44.8. The van der Waals surface area contributed by atoms with E-state index in [-0.39, 0.29) is 0 Å². The lowest BCUT2D eigenvalue weighted by molar-refractivity contribution is 1.17. The lowest BCUT2D eigenvalue weighted by atomic mass is 9.98. The summed E-state index contributed by atoms with van der Waals surface area (Å²) in [5.74, 6) is 0. The van der Waals surface area contributed by atoms with E-state index in [1.54, 1.807) is 0 Å². The van der Waals surface area contributed by atoms with Gasteiger partial charge in [-0.25, -0.2) is 0 Å². The third-order valence-electron chi connectivity index (χ3n) is 25.2. The molecule has 130 heavy (non-hydrogen) atoms. The summed E-state index contributed by atoms with van der Waals surface area (Å²) in [7, 11) is 0. The van der Waals surface area contributed by atoms with Gasteiger partial charge in [0.25, 0.3) is 0 Å². The van der Waals surface area contributed by atoms with Crippen LogP contribution in [0.4, 0.5) is 0 Å². The molecule has 0 N–H and O–H groups in total. The van der Waals surface area contributed by atoms with Crippen LogP contribution in [0, 0.1) is 34.6 Å². The number of benzene rings is 20. The van der Waals surface area contributed by atoms with Crippen LogP contribution in [-0.2, 0) is 0 Å². The predicted octanol–water partition coefficient (Wildman–Crippen LogP) is 33.8. The normalized spacial score (nSPS) is 11.3. The monoisotopic (exact) mass is 1670 g/mol. The summed E-state index contributed by atoms with van der Waals surface area (Å²) >= 11 is 0. The van der Waals surface area contributed by atoms with Gasteiger partial charge in [0.15, 0.2) is 0 Å². The molecular formula is C125H95N5. The van der Waals surface area contributed by atoms with Gasteiger partial charge in [-0.15, -0.1) is 0 Å². The summed E-state index contributed by atoms with van der Waals surface area (Å²) in [4.78, 5) is 0. The quantitative estimate of drug-likeness (QED) is 0.130. The molecule has 0 bridgehead atoms. The Morgan fingerprint density at radius 2 is 0.300 bits per heavy atom. The Balaban J connectivity index is 0.0000000990. The summed E-state index contributed by atoms with van der Waals surface area (Å²) < 4.78 is 11.8. The summed E-state index contributed by atoms with van der Waals surface area (Å²) in [6.45, 7) is 10.7. The molecule has 5 heteroatoms. The largest absolute Gasteiger partial charge is 0.309 e. The van der Waals surface area contributed by atoms with Crippen LogP contribution >= 0.6 is 0 Å². The van der Waals surface area contributed by atoms with Crippen molar-refractivity contribution in [2.75, 3.05) is 0 Å². The number of aryl methyl sites for hydroxylation is 5. The summed E-state index contributed by atoms with van der Waals surface area (Å²) in [5.41, 5.74) is 37.3. The molecule has 0 atom stereocenters. The number of hydrogen-bond donors (Lipinski definition) is 0. The smallest absolute Gasteiger partial charge is 0.0541 e. The highest BCUT2D eigenvalue weighted by Gasteiger charge is 2.19. The van der Waals surface area contributed by atoms with Gasteiger partial charge in [0.1, 0.15) is 0 Å². The zero-order valence-corrected chi connectivity index (χ0v) is 73.4. The number of hydrogen-bond acceptors (Lipinski definition) is 0. The summed E-state index contributed by atoms with van der Waals surface area (Å²) in [6, 6.07) is 174. The minimum Gasteiger partial charge on any atom is -0.309 e. The maximum absolute atomic E-state index is 2.38. The Morgan fingerprint density at radius 1 is 0.108 bits per heavy atom. The Hall–Kier alpha value is -16.6. The average molecular weight is 1670 g/mol. The summed E-state index contributed by atoms with van der Waals surface area (Å²) in [5, 5.41) is 13.0. The van der Waals surface area contributed by atoms with E-state index in [4.69, 9.17) is 0 Å². The highest BCUT2D eigenvalue weighted by Crippen LogP contribution is 2.41. The van der Waals surface area contributed by atoms with Crippen molar-refractivity contribution in [1.29, 1.82) is 0 Å². The molecule has 25 rings (SSSR count). The zero-order valence-electron chi connectivity index (χ0n) is 73.4. The Labute approximate surface area is 758 Å². The van der Waals surface area contributed by atoms with Gasteiger partial charge in [-0.05, 0) is 229 Å². The van der Waals surface area contributed by atoms with Gasteiger partial charge < -0.3 is 22.8 Å². The van der Waals surface area contributed by atoms with Crippen LogP contribution in [0.1, 0.15) is 27.8 Å². The van der Waals surface area contributed by atoms with E-state index >= 15 is 0 Å². The molecule has 0 aliphatic carbocycles. The molecule has 0 unspecified atom stereocenters. The Bertz CT molecular complexity index is 8230. The Kier molecular flexibility index (Phi) is 21.9. The van der Waals surface area contributed by atoms with E-state index in [0.717, 1.165) is 0 Å². The van der Waals surface area contributed by atoms with E-state index in [2.05, 4.69) is 543 Å². The molecule has 5 nitrogen and oxygen atoms in total. The first-order valence-electron chi connectivity index (χ1n) is 44.8. The van der Waals surface area contributed by atoms with E-state index in [1.165, 1.54) is 221 Å². The molecule has 0 aliphatic rings. The van der Waals surface area contributed by atoms with Crippen LogP contribution in [0.3, 0.4) is 0 Å². The second-order valence-electron chi connectivity index (χ2n) is 33.9. The molecule has 0 radical (unpaired) electrons. The number of fused-ring (bicyclic) bond motifs is 15. The average Bonchev–Trinajstić information content (AvgIpc) is 1.62. The molecule has 0 fully saturated rings. The van der Waals surface area contributed by atoms with Gasteiger partial charge in [0, 0.05) is 82.3 Å². The number of nitrogens with zero attached hydrogens (tertiary/aromatic N) is 5. The zero-order chi connectivity index (χ0) is 87.5. The van der Waals surface area contributed by atoms with Crippen molar-refractivity contribution in [2.45, 2.75) is 34.6 Å². The summed E-state index contributed by atoms with van der Waals surface area (Å²) in [6.07, 6.45) is 0. The molecule has 0 aliphatic heterocycles. The fourth-order valence-corrected chi connectivity index (χ4v) is 19.3. The fourth-order valence-electron chi connectivity index (χ4n) is 19.3. The molecule has 0 amide bonds. The fraction of sp³-hybridized carbons (Fsp3) is 0.0400. The maximum atomic E-state index is 2.38. The van der Waals surface area contributed by atoms with E-state index in [9.17, 15) is 0 Å². The Morgan fingerprint density at radius 3 is 0.608 bits per heavy atom. The lowest BCUT2D eigenvalue weighted by Gasteiger charge is -2.12. The molecule has 0 spiro atoms. The van der Waals surface area contributed by atoms with Crippen molar-refractivity contribution in [2.24, 2.45) is 0 Å². The first kappa shape index (κ1) is 80.5. The van der Waals surface area contributed by atoms with Gasteiger partial charge >= 0.3 is 0 Å². The van der Waals surface area contributed by atoms with Crippen molar-refractivity contribution in [1.82, 2.24) is 22.8 Å². The lowest BCUT2D eigenvalue weighted by Crippen LogP contribution is -1.95. The van der Waals surface area contributed by atoms with Crippen molar-refractivity contribution >= 4 is 109 Å². The number of para-hydroxylation sites is 10. The molecule has 0 saturated carbocycles. The second kappa shape index (κ2) is 35.4. The van der Waals surface area contributed by atoms with E-state index in [0.29, 0.717) is 0 Å². The maximum Gasteiger partial charge on any atom is 0.0541 e. The minimum atomic E-state index is 1.18. The predicted molar refractivity (Wildman–Crippen MR) is 555 cm³/mol. The van der Waals surface area contributed by atoms with Gasteiger partial charge in [0.2, 0.25) is 0 Å². The molecule has 620 valence electrons. The van der Waals surface area contributed by atoms with Crippen LogP contribution < -0.4 is 0 Å². The van der Waals surface area contributed by atoms with Crippen LogP contribution in [0.2, 0.25) is 0 Å². The molecule has 5 heterocycles. The van der Waals surface area contributed by atoms with Gasteiger partial charge in [-0.1, -0.05) is 375 Å². The van der Waals surface area contributed by atoms with Gasteiger partial charge in [-0.2, -0.15) is 0 Å². The standard InChI is InChI=1S/C31H23N.3C25H19N.C19H15N/c1-22-9-6-10-23(19-22)24-11-7-12-25(20-24)26-13-8-14-27(21-26)32-30-17-4-2-15-28(30)29-16-3-5-18-31(29)32;1-18-8-6-9-19(16-18)20-10-7-11-21(17-20)26-24-14-4-2-12-22(24)23-13-3-5-15-25(23)26;1-18-7-6-8-20(17-18)19-13-15-21(16-14-19)26-24-11-4-2-9-22(24)23-10-3-5-12-25(23)26;1-18-15-20(19-9-3-2-4-10-19)17-21(16-18)26-24-13-7-5-11-22(24)23-12-6-8-14-25(23)26;1-14-7-6-8-15(13-14)20-18-11-4-2-9-16(18)17-10-3-5-12-19(17)20/h2-21H,1H3;3*2-17H,1H3;2-13H,1H3. The van der Waals surface area contributed by atoms with Gasteiger partial charge in [0.05, 0.1) is 55.2 Å². The first-order chi connectivity index (χ1) is 64.0. The molecule has 20 aromatic carbocycles. The van der Waals surface area contributed by atoms with E-state index < -0.39 is 0 Å².